The number of hydrogen-bond acceptors (Lipinski definition) is 2. The van der Waals surface area contributed by atoms with E-state index in [1.54, 1.807) is 48.5 Å². The molecule has 0 aliphatic rings. The second-order valence-corrected chi connectivity index (χ2v) is 8.63. The number of halogens is 6. The highest BCUT2D eigenvalue weighted by Gasteiger charge is 2.72. The molecule has 37 heavy (non-hydrogen) atoms. The molecule has 4 aromatic rings. The van der Waals surface area contributed by atoms with E-state index in [0.29, 0.717) is 0 Å². The summed E-state index contributed by atoms with van der Waals surface area (Å²) in [5.74, 6) is 0.235. The van der Waals surface area contributed by atoms with E-state index >= 15 is 0 Å². The molecule has 0 aromatic heterocycles. The fourth-order valence-corrected chi connectivity index (χ4v) is 4.05. The number of alkyl halides is 6. The minimum Gasteiger partial charge on any atom is -0.457 e. The standard InChI is InChI=1S/C29H22F6O2/c1-19-9-13-23(14-10-19)36-25-7-3-5-21(17-25)27(28(30,31)32,29(33,34)35)22-6-4-8-26(18-22)37-24-15-11-20(2)12-16-24/h3-18H,1-2H3. The third-order valence-electron chi connectivity index (χ3n) is 5.90. The van der Waals surface area contributed by atoms with Gasteiger partial charge in [0, 0.05) is 0 Å². The van der Waals surface area contributed by atoms with Gasteiger partial charge in [0.15, 0.2) is 0 Å². The smallest absolute Gasteiger partial charge is 0.411 e. The van der Waals surface area contributed by atoms with Crippen molar-refractivity contribution in [2.45, 2.75) is 31.6 Å². The predicted octanol–water partition coefficient (Wildman–Crippen LogP) is 9.30. The van der Waals surface area contributed by atoms with Crippen LogP contribution >= 0.6 is 0 Å². The number of rotatable bonds is 6. The monoisotopic (exact) mass is 516 g/mol. The van der Waals surface area contributed by atoms with Crippen molar-refractivity contribution >= 4 is 0 Å². The molecule has 0 radical (unpaired) electrons. The Bertz CT molecular complexity index is 1250. The van der Waals surface area contributed by atoms with Crippen LogP contribution in [0.1, 0.15) is 22.3 Å². The average Bonchev–Trinajstić information content (AvgIpc) is 2.81. The van der Waals surface area contributed by atoms with Gasteiger partial charge >= 0.3 is 12.4 Å². The van der Waals surface area contributed by atoms with Crippen LogP contribution in [-0.4, -0.2) is 12.4 Å². The topological polar surface area (TPSA) is 18.5 Å². The van der Waals surface area contributed by atoms with E-state index < -0.39 is 28.9 Å². The molecule has 0 saturated carbocycles. The van der Waals surface area contributed by atoms with Gasteiger partial charge in [-0.15, -0.1) is 0 Å². The fourth-order valence-electron chi connectivity index (χ4n) is 4.05. The van der Waals surface area contributed by atoms with Crippen molar-refractivity contribution in [1.82, 2.24) is 0 Å². The van der Waals surface area contributed by atoms with Crippen LogP contribution in [0.3, 0.4) is 0 Å². The summed E-state index contributed by atoms with van der Waals surface area (Å²) >= 11 is 0. The zero-order valence-corrected chi connectivity index (χ0v) is 19.8. The summed E-state index contributed by atoms with van der Waals surface area (Å²) in [5.41, 5.74) is -4.54. The van der Waals surface area contributed by atoms with Gasteiger partial charge in [0.25, 0.3) is 0 Å². The Hall–Kier alpha value is -3.94. The molecule has 4 rings (SSSR count). The number of ether oxygens (including phenoxy) is 2. The van der Waals surface area contributed by atoms with Crippen molar-refractivity contribution in [3.63, 3.8) is 0 Å². The molecule has 8 heteroatoms. The van der Waals surface area contributed by atoms with Crippen LogP contribution in [0.4, 0.5) is 26.3 Å². The van der Waals surface area contributed by atoms with Gasteiger partial charge in [-0.1, -0.05) is 59.7 Å². The van der Waals surface area contributed by atoms with E-state index in [9.17, 15) is 26.3 Å². The van der Waals surface area contributed by atoms with E-state index in [2.05, 4.69) is 0 Å². The van der Waals surface area contributed by atoms with Gasteiger partial charge in [0.2, 0.25) is 5.41 Å². The molecule has 0 heterocycles. The Morgan fingerprint density at radius 3 is 1.14 bits per heavy atom. The highest BCUT2D eigenvalue weighted by Crippen LogP contribution is 2.57. The van der Waals surface area contributed by atoms with E-state index in [1.165, 1.54) is 12.1 Å². The average molecular weight is 516 g/mol. The lowest BCUT2D eigenvalue weighted by molar-refractivity contribution is -0.288. The van der Waals surface area contributed by atoms with Gasteiger partial charge in [-0.3, -0.25) is 0 Å². The molecule has 0 aliphatic carbocycles. The first-order valence-corrected chi connectivity index (χ1v) is 11.2. The zero-order chi connectivity index (χ0) is 26.8. The van der Waals surface area contributed by atoms with Crippen molar-refractivity contribution < 1.29 is 35.8 Å². The Labute approximate surface area is 210 Å². The summed E-state index contributed by atoms with van der Waals surface area (Å²) in [6.45, 7) is 3.67. The van der Waals surface area contributed by atoms with Crippen LogP contribution < -0.4 is 9.47 Å². The van der Waals surface area contributed by atoms with E-state index in [4.69, 9.17) is 9.47 Å². The molecule has 0 N–H and O–H groups in total. The van der Waals surface area contributed by atoms with Gasteiger partial charge in [-0.2, -0.15) is 26.3 Å². The molecule has 0 atom stereocenters. The first-order chi connectivity index (χ1) is 17.4. The number of benzene rings is 4. The summed E-state index contributed by atoms with van der Waals surface area (Å²) in [7, 11) is 0. The molecule has 4 aromatic carbocycles. The second kappa shape index (κ2) is 9.84. The quantitative estimate of drug-likeness (QED) is 0.238. The second-order valence-electron chi connectivity index (χ2n) is 8.63. The first kappa shape index (κ1) is 26.1. The summed E-state index contributed by atoms with van der Waals surface area (Å²) in [4.78, 5) is 0. The Morgan fingerprint density at radius 1 is 0.459 bits per heavy atom. The highest BCUT2D eigenvalue weighted by atomic mass is 19.4. The lowest BCUT2D eigenvalue weighted by Gasteiger charge is -2.38. The summed E-state index contributed by atoms with van der Waals surface area (Å²) < 4.78 is 99.0. The number of aryl methyl sites for hydroxylation is 2. The fraction of sp³-hybridized carbons (Fsp3) is 0.172. The van der Waals surface area contributed by atoms with E-state index in [1.807, 2.05) is 13.8 Å². The zero-order valence-electron chi connectivity index (χ0n) is 19.8. The van der Waals surface area contributed by atoms with Crippen molar-refractivity contribution in [1.29, 1.82) is 0 Å². The predicted molar refractivity (Wildman–Crippen MR) is 128 cm³/mol. The highest BCUT2D eigenvalue weighted by molar-refractivity contribution is 5.49. The van der Waals surface area contributed by atoms with Crippen LogP contribution in [0.5, 0.6) is 23.0 Å². The molecular formula is C29H22F6O2. The van der Waals surface area contributed by atoms with E-state index in [-0.39, 0.29) is 23.0 Å². The summed E-state index contributed by atoms with van der Waals surface area (Å²) in [5, 5.41) is 0. The molecule has 192 valence electrons. The van der Waals surface area contributed by atoms with Crippen molar-refractivity contribution in [3.8, 4) is 23.0 Å². The Balaban J connectivity index is 1.83. The maximum atomic E-state index is 14.6. The molecule has 0 fully saturated rings. The van der Waals surface area contributed by atoms with Crippen LogP contribution in [0, 0.1) is 13.8 Å². The maximum Gasteiger partial charge on any atom is 0.411 e. The van der Waals surface area contributed by atoms with Gasteiger partial charge in [0.05, 0.1) is 0 Å². The summed E-state index contributed by atoms with van der Waals surface area (Å²) in [6, 6.07) is 21.2. The summed E-state index contributed by atoms with van der Waals surface area (Å²) in [6.07, 6.45) is -11.5. The molecule has 0 unspecified atom stereocenters. The van der Waals surface area contributed by atoms with Crippen LogP contribution in [0.15, 0.2) is 97.1 Å². The molecule has 0 aliphatic heterocycles. The lowest BCUT2D eigenvalue weighted by atomic mass is 9.73. The minimum atomic E-state index is -5.74. The van der Waals surface area contributed by atoms with Crippen molar-refractivity contribution in [2.24, 2.45) is 0 Å². The minimum absolute atomic E-state index is 0.161. The van der Waals surface area contributed by atoms with E-state index in [0.717, 1.165) is 47.5 Å². The normalized spacial score (nSPS) is 12.3. The van der Waals surface area contributed by atoms with Gasteiger partial charge < -0.3 is 9.47 Å². The lowest BCUT2D eigenvalue weighted by Crippen LogP contribution is -2.54. The molecule has 0 spiro atoms. The van der Waals surface area contributed by atoms with Gasteiger partial charge in [-0.25, -0.2) is 0 Å². The molecule has 0 bridgehead atoms. The Kier molecular flexibility index (Phi) is 6.95. The SMILES string of the molecule is Cc1ccc(Oc2cccc(C(c3cccc(Oc4ccc(C)cc4)c3)(C(F)(F)F)C(F)(F)F)c2)cc1. The van der Waals surface area contributed by atoms with Gasteiger partial charge in [-0.05, 0) is 73.5 Å². The van der Waals surface area contributed by atoms with Crippen LogP contribution in [0.25, 0.3) is 0 Å². The maximum absolute atomic E-state index is 14.6. The Morgan fingerprint density at radius 2 is 0.811 bits per heavy atom. The largest absolute Gasteiger partial charge is 0.457 e. The van der Waals surface area contributed by atoms with Crippen LogP contribution in [0.2, 0.25) is 0 Å². The first-order valence-electron chi connectivity index (χ1n) is 11.2. The third-order valence-corrected chi connectivity index (χ3v) is 5.90. The van der Waals surface area contributed by atoms with Crippen molar-refractivity contribution in [2.75, 3.05) is 0 Å². The van der Waals surface area contributed by atoms with Crippen molar-refractivity contribution in [3.05, 3.63) is 119 Å². The molecular weight excluding hydrogens is 494 g/mol. The number of hydrogen-bond donors (Lipinski definition) is 0. The van der Waals surface area contributed by atoms with Gasteiger partial charge in [0.1, 0.15) is 23.0 Å². The van der Waals surface area contributed by atoms with Crippen LogP contribution in [-0.2, 0) is 5.41 Å². The molecule has 0 amide bonds. The molecule has 2 nitrogen and oxygen atoms in total. The molecule has 0 saturated heterocycles. The third kappa shape index (κ3) is 5.28.